The molecule has 23 heavy (non-hydrogen) atoms. The molecular weight excluding hydrogens is 366 g/mol. The molecule has 8 heteroatoms. The van der Waals surface area contributed by atoms with E-state index in [2.05, 4.69) is 26.6 Å². The first-order valence-electron chi connectivity index (χ1n) is 6.50. The van der Waals surface area contributed by atoms with Crippen LogP contribution in [0.15, 0.2) is 46.9 Å². The number of carbonyl (C=O) groups excluding carboxylic acids is 2. The molecule has 0 fully saturated rings. The number of benzene rings is 2. The first kappa shape index (κ1) is 16.6. The fourth-order valence-corrected chi connectivity index (χ4v) is 2.29. The summed E-state index contributed by atoms with van der Waals surface area (Å²) in [6.07, 6.45) is 0. The number of halogens is 1. The molecule has 0 bridgehead atoms. The molecule has 7 nitrogen and oxygen atoms in total. The van der Waals surface area contributed by atoms with Crippen molar-refractivity contribution in [2.75, 3.05) is 10.6 Å². The smallest absolute Gasteiger partial charge is 0.282 e. The highest BCUT2D eigenvalue weighted by Gasteiger charge is 2.20. The summed E-state index contributed by atoms with van der Waals surface area (Å²) in [5, 5.41) is 16.2. The normalized spacial score (nSPS) is 10.0. The lowest BCUT2D eigenvalue weighted by Crippen LogP contribution is -2.16. The Hall–Kier alpha value is -2.74. The number of para-hydroxylation sites is 1. The van der Waals surface area contributed by atoms with Gasteiger partial charge in [0.25, 0.3) is 11.6 Å². The largest absolute Gasteiger partial charge is 0.325 e. The first-order chi connectivity index (χ1) is 10.9. The summed E-state index contributed by atoms with van der Waals surface area (Å²) in [6.45, 7) is 1.34. The minimum atomic E-state index is -0.637. The number of nitrogens with zero attached hydrogens (tertiary/aromatic N) is 1. The summed E-state index contributed by atoms with van der Waals surface area (Å²) in [7, 11) is 0. The third kappa shape index (κ3) is 4.13. The van der Waals surface area contributed by atoms with Gasteiger partial charge in [-0.15, -0.1) is 0 Å². The van der Waals surface area contributed by atoms with Gasteiger partial charge in [0.15, 0.2) is 0 Å². The van der Waals surface area contributed by atoms with Gasteiger partial charge >= 0.3 is 0 Å². The van der Waals surface area contributed by atoms with Crippen LogP contribution in [0.3, 0.4) is 0 Å². The van der Waals surface area contributed by atoms with Crippen LogP contribution in [0.2, 0.25) is 0 Å². The predicted octanol–water partition coefficient (Wildman–Crippen LogP) is 3.57. The van der Waals surface area contributed by atoms with Crippen molar-refractivity contribution in [3.63, 3.8) is 0 Å². The van der Waals surface area contributed by atoms with Crippen molar-refractivity contribution in [3.8, 4) is 0 Å². The van der Waals surface area contributed by atoms with Gasteiger partial charge in [-0.3, -0.25) is 19.7 Å². The topological polar surface area (TPSA) is 101 Å². The van der Waals surface area contributed by atoms with Crippen molar-refractivity contribution < 1.29 is 14.5 Å². The summed E-state index contributed by atoms with van der Waals surface area (Å²) in [6, 6.07) is 10.5. The van der Waals surface area contributed by atoms with Crippen LogP contribution in [0.1, 0.15) is 17.3 Å². The van der Waals surface area contributed by atoms with Crippen LogP contribution in [-0.2, 0) is 4.79 Å². The molecule has 0 aliphatic carbocycles. The number of anilines is 2. The van der Waals surface area contributed by atoms with Crippen molar-refractivity contribution in [3.05, 3.63) is 62.6 Å². The zero-order valence-corrected chi connectivity index (χ0v) is 13.6. The molecule has 0 radical (unpaired) electrons. The second-order valence-electron chi connectivity index (χ2n) is 4.60. The van der Waals surface area contributed by atoms with E-state index < -0.39 is 10.8 Å². The van der Waals surface area contributed by atoms with Gasteiger partial charge in [0.05, 0.1) is 16.3 Å². The fourth-order valence-electron chi connectivity index (χ4n) is 1.93. The van der Waals surface area contributed by atoms with E-state index in [1.54, 1.807) is 18.2 Å². The van der Waals surface area contributed by atoms with Gasteiger partial charge < -0.3 is 10.6 Å². The van der Waals surface area contributed by atoms with Crippen molar-refractivity contribution in [2.24, 2.45) is 0 Å². The van der Waals surface area contributed by atoms with E-state index in [1.165, 1.54) is 31.2 Å². The number of hydrogen-bond donors (Lipinski definition) is 2. The van der Waals surface area contributed by atoms with Gasteiger partial charge in [-0.25, -0.2) is 0 Å². The van der Waals surface area contributed by atoms with Gasteiger partial charge in [-0.05, 0) is 24.3 Å². The minimum Gasteiger partial charge on any atom is -0.325 e. The van der Waals surface area contributed by atoms with Crippen LogP contribution < -0.4 is 10.6 Å². The van der Waals surface area contributed by atoms with Gasteiger partial charge in [-0.1, -0.05) is 28.1 Å². The van der Waals surface area contributed by atoms with Crippen LogP contribution in [0.4, 0.5) is 17.1 Å². The molecule has 0 heterocycles. The number of hydrogen-bond acceptors (Lipinski definition) is 4. The molecule has 2 aromatic carbocycles. The Balaban J connectivity index is 2.36. The lowest BCUT2D eigenvalue weighted by molar-refractivity contribution is -0.385. The fraction of sp³-hybridized carbons (Fsp3) is 0.0667. The maximum absolute atomic E-state index is 12.3. The Kier molecular flexibility index (Phi) is 5.07. The lowest BCUT2D eigenvalue weighted by atomic mass is 10.1. The van der Waals surface area contributed by atoms with Crippen molar-refractivity contribution in [1.82, 2.24) is 0 Å². The number of carbonyl (C=O) groups is 2. The molecule has 2 amide bonds. The molecule has 0 aromatic heterocycles. The van der Waals surface area contributed by atoms with Crippen LogP contribution in [0.25, 0.3) is 0 Å². The highest BCUT2D eigenvalue weighted by molar-refractivity contribution is 9.10. The number of amides is 2. The van der Waals surface area contributed by atoms with Crippen molar-refractivity contribution in [1.29, 1.82) is 0 Å². The van der Waals surface area contributed by atoms with Crippen molar-refractivity contribution in [2.45, 2.75) is 6.92 Å². The van der Waals surface area contributed by atoms with E-state index in [0.717, 1.165) is 0 Å². The highest BCUT2D eigenvalue weighted by atomic mass is 79.9. The summed E-state index contributed by atoms with van der Waals surface area (Å²) in [5.41, 5.74) is 0.373. The van der Waals surface area contributed by atoms with Crippen LogP contribution in [0.5, 0.6) is 0 Å². The van der Waals surface area contributed by atoms with Gasteiger partial charge in [0.2, 0.25) is 5.91 Å². The second-order valence-corrected chi connectivity index (χ2v) is 5.52. The molecule has 0 unspecified atom stereocenters. The summed E-state index contributed by atoms with van der Waals surface area (Å²) < 4.78 is 0.685. The number of nitro groups is 1. The molecule has 0 aliphatic rings. The second kappa shape index (κ2) is 7.01. The average molecular weight is 378 g/mol. The Morgan fingerprint density at radius 2 is 1.78 bits per heavy atom. The lowest BCUT2D eigenvalue weighted by Gasteiger charge is -2.12. The van der Waals surface area contributed by atoms with Gasteiger partial charge in [-0.2, -0.15) is 0 Å². The number of nitrogens with one attached hydrogen (secondary N) is 2. The molecular formula is C15H12BrN3O4. The Morgan fingerprint density at radius 3 is 2.43 bits per heavy atom. The van der Waals surface area contributed by atoms with Crippen LogP contribution in [-0.4, -0.2) is 16.7 Å². The molecule has 0 atom stereocenters. The maximum Gasteiger partial charge on any atom is 0.282 e. The summed E-state index contributed by atoms with van der Waals surface area (Å²) >= 11 is 3.27. The van der Waals surface area contributed by atoms with Gasteiger partial charge in [0, 0.05) is 17.5 Å². The van der Waals surface area contributed by atoms with E-state index in [4.69, 9.17) is 0 Å². The van der Waals surface area contributed by atoms with E-state index in [1.807, 2.05) is 0 Å². The molecule has 0 spiro atoms. The Labute approximate surface area is 140 Å². The molecule has 0 aliphatic heterocycles. The highest BCUT2D eigenvalue weighted by Crippen LogP contribution is 2.27. The molecule has 0 saturated carbocycles. The summed E-state index contributed by atoms with van der Waals surface area (Å²) in [5.74, 6) is -0.935. The van der Waals surface area contributed by atoms with E-state index in [0.29, 0.717) is 15.8 Å². The third-order valence-corrected chi connectivity index (χ3v) is 3.38. The van der Waals surface area contributed by atoms with E-state index in [-0.39, 0.29) is 17.2 Å². The third-order valence-electron chi connectivity index (χ3n) is 2.89. The van der Waals surface area contributed by atoms with Crippen LogP contribution >= 0.6 is 15.9 Å². The molecule has 2 aromatic rings. The SMILES string of the molecule is CC(=O)Nc1ccc(Br)cc1NC(=O)c1ccccc1[N+](=O)[O-]. The van der Waals surface area contributed by atoms with Gasteiger partial charge in [0.1, 0.15) is 5.56 Å². The molecule has 2 N–H and O–H groups in total. The molecule has 2 rings (SSSR count). The van der Waals surface area contributed by atoms with E-state index in [9.17, 15) is 19.7 Å². The van der Waals surface area contributed by atoms with Crippen molar-refractivity contribution >= 4 is 44.8 Å². The quantitative estimate of drug-likeness (QED) is 0.627. The standard InChI is InChI=1S/C15H12BrN3O4/c1-9(20)17-12-7-6-10(16)8-13(12)18-15(21)11-4-2-3-5-14(11)19(22)23/h2-8H,1H3,(H,17,20)(H,18,21). The zero-order chi connectivity index (χ0) is 17.0. The van der Waals surface area contributed by atoms with E-state index >= 15 is 0 Å². The zero-order valence-electron chi connectivity index (χ0n) is 12.0. The average Bonchev–Trinajstić information content (AvgIpc) is 2.49. The minimum absolute atomic E-state index is 0.0637. The molecule has 0 saturated heterocycles. The number of rotatable bonds is 4. The first-order valence-corrected chi connectivity index (χ1v) is 7.29. The predicted molar refractivity (Wildman–Crippen MR) is 89.5 cm³/mol. The summed E-state index contributed by atoms with van der Waals surface area (Å²) in [4.78, 5) is 34.0. The van der Waals surface area contributed by atoms with Crippen LogP contribution in [0, 0.1) is 10.1 Å². The Bertz CT molecular complexity index is 792. The monoisotopic (exact) mass is 377 g/mol. The molecule has 118 valence electrons. The maximum atomic E-state index is 12.3. The number of nitro benzene ring substituents is 1. The Morgan fingerprint density at radius 1 is 1.09 bits per heavy atom.